The fourth-order valence-electron chi connectivity index (χ4n) is 1.51. The van der Waals surface area contributed by atoms with Crippen molar-refractivity contribution in [3.8, 4) is 0 Å². The van der Waals surface area contributed by atoms with Gasteiger partial charge in [-0.2, -0.15) is 0 Å². The van der Waals surface area contributed by atoms with Crippen molar-refractivity contribution in [3.63, 3.8) is 0 Å². The van der Waals surface area contributed by atoms with Gasteiger partial charge in [-0.25, -0.2) is 0 Å². The minimum Gasteiger partial charge on any atom is -0.272 e. The third-order valence-electron chi connectivity index (χ3n) is 2.35. The molecule has 2 aromatic rings. The van der Waals surface area contributed by atoms with E-state index in [1.807, 2.05) is 6.07 Å². The molecule has 0 saturated heterocycles. The van der Waals surface area contributed by atoms with Gasteiger partial charge >= 0.3 is 0 Å². The zero-order chi connectivity index (χ0) is 12.3. The maximum absolute atomic E-state index is 11.6. The molecule has 2 heterocycles. The van der Waals surface area contributed by atoms with Gasteiger partial charge in [-0.1, -0.05) is 12.1 Å². The van der Waals surface area contributed by atoms with Gasteiger partial charge in [0, 0.05) is 25.5 Å². The predicted octanol–water partition coefficient (Wildman–Crippen LogP) is 0.511. The molecule has 0 saturated carbocycles. The Labute approximate surface area is 97.8 Å². The highest BCUT2D eigenvalue weighted by Gasteiger charge is 2.04. The number of hydrogen-bond acceptors (Lipinski definition) is 3. The first kappa shape index (κ1) is 11.1. The quantitative estimate of drug-likeness (QED) is 0.518. The van der Waals surface area contributed by atoms with Crippen LogP contribution in [0.25, 0.3) is 0 Å². The van der Waals surface area contributed by atoms with Crippen molar-refractivity contribution in [3.05, 3.63) is 64.6 Å². The minimum atomic E-state index is -0.240. The van der Waals surface area contributed by atoms with Crippen molar-refractivity contribution < 1.29 is 0 Å². The Bertz CT molecular complexity index is 666. The van der Waals surface area contributed by atoms with Crippen molar-refractivity contribution in [1.82, 2.24) is 9.13 Å². The highest BCUT2D eigenvalue weighted by Crippen LogP contribution is 1.87. The Balaban J connectivity index is 2.60. The van der Waals surface area contributed by atoms with Crippen LogP contribution in [0, 0.1) is 5.41 Å². The lowest BCUT2D eigenvalue weighted by Gasteiger charge is -2.10. The SMILES string of the molecule is CN=c1ccccn1C(=N)n1ccccc1=O. The first-order chi connectivity index (χ1) is 8.24. The van der Waals surface area contributed by atoms with E-state index in [0.717, 1.165) is 0 Å². The molecule has 1 N–H and O–H groups in total. The topological polar surface area (TPSA) is 63.1 Å². The molecule has 86 valence electrons. The van der Waals surface area contributed by atoms with E-state index in [0.29, 0.717) is 5.49 Å². The van der Waals surface area contributed by atoms with Crippen molar-refractivity contribution >= 4 is 5.96 Å². The van der Waals surface area contributed by atoms with Crippen LogP contribution in [0.4, 0.5) is 0 Å². The number of nitrogens with one attached hydrogen (secondary N) is 1. The molecule has 0 radical (unpaired) electrons. The number of hydrogen-bond donors (Lipinski definition) is 1. The van der Waals surface area contributed by atoms with Crippen LogP contribution in [0.5, 0.6) is 0 Å². The zero-order valence-electron chi connectivity index (χ0n) is 9.37. The van der Waals surface area contributed by atoms with Gasteiger partial charge in [-0.3, -0.25) is 24.3 Å². The van der Waals surface area contributed by atoms with E-state index in [9.17, 15) is 4.79 Å². The summed E-state index contributed by atoms with van der Waals surface area (Å²) in [6.07, 6.45) is 3.26. The standard InChI is InChI=1S/C12H12N4O/c1-14-10-6-2-4-8-15(10)12(13)16-9-5-3-7-11(16)17/h2-9,13H,1H3. The molecule has 0 amide bonds. The average molecular weight is 228 g/mol. The predicted molar refractivity (Wildman–Crippen MR) is 65.1 cm³/mol. The summed E-state index contributed by atoms with van der Waals surface area (Å²) in [5.74, 6) is 0.0526. The van der Waals surface area contributed by atoms with Crippen molar-refractivity contribution in [2.45, 2.75) is 0 Å². The van der Waals surface area contributed by atoms with Crippen LogP contribution in [0.3, 0.4) is 0 Å². The largest absolute Gasteiger partial charge is 0.272 e. The molecule has 0 unspecified atom stereocenters. The van der Waals surface area contributed by atoms with Crippen molar-refractivity contribution in [1.29, 1.82) is 5.41 Å². The van der Waals surface area contributed by atoms with E-state index in [1.165, 1.54) is 10.6 Å². The van der Waals surface area contributed by atoms with E-state index < -0.39 is 0 Å². The summed E-state index contributed by atoms with van der Waals surface area (Å²) in [5.41, 5.74) is 0.379. The van der Waals surface area contributed by atoms with Crippen LogP contribution in [-0.2, 0) is 0 Å². The lowest BCUT2D eigenvalue weighted by atomic mass is 10.4. The third-order valence-corrected chi connectivity index (χ3v) is 2.35. The molecule has 5 nitrogen and oxygen atoms in total. The molecule has 17 heavy (non-hydrogen) atoms. The smallest absolute Gasteiger partial charge is 0.257 e. The van der Waals surface area contributed by atoms with Crippen LogP contribution in [0.2, 0.25) is 0 Å². The molecule has 0 bridgehead atoms. The molecule has 0 atom stereocenters. The summed E-state index contributed by atoms with van der Waals surface area (Å²) in [6.45, 7) is 0. The van der Waals surface area contributed by atoms with Gasteiger partial charge in [0.05, 0.1) is 0 Å². The normalized spacial score (nSPS) is 11.5. The van der Waals surface area contributed by atoms with E-state index in [1.54, 1.807) is 48.3 Å². The zero-order valence-corrected chi connectivity index (χ0v) is 9.37. The summed E-state index contributed by atoms with van der Waals surface area (Å²) in [5, 5.41) is 8.02. The van der Waals surface area contributed by atoms with Crippen molar-refractivity contribution in [2.24, 2.45) is 4.99 Å². The van der Waals surface area contributed by atoms with Gasteiger partial charge in [0.1, 0.15) is 5.49 Å². The summed E-state index contributed by atoms with van der Waals surface area (Å²) >= 11 is 0. The maximum atomic E-state index is 11.6. The Morgan fingerprint density at radius 1 is 1.12 bits per heavy atom. The number of nitrogens with zero attached hydrogens (tertiary/aromatic N) is 3. The fraction of sp³-hybridized carbons (Fsp3) is 0.0833. The summed E-state index contributed by atoms with van der Waals surface area (Å²) in [4.78, 5) is 15.7. The second-order valence-corrected chi connectivity index (χ2v) is 3.38. The molecule has 0 aliphatic carbocycles. The fourth-order valence-corrected chi connectivity index (χ4v) is 1.51. The monoisotopic (exact) mass is 228 g/mol. The van der Waals surface area contributed by atoms with Crippen LogP contribution in [0.15, 0.2) is 58.6 Å². The van der Waals surface area contributed by atoms with Gasteiger partial charge in [-0.05, 0) is 18.2 Å². The van der Waals surface area contributed by atoms with Crippen LogP contribution in [-0.4, -0.2) is 22.1 Å². The van der Waals surface area contributed by atoms with Crippen LogP contribution < -0.4 is 11.0 Å². The van der Waals surface area contributed by atoms with Gasteiger partial charge in [0.15, 0.2) is 0 Å². The molecule has 2 aromatic heterocycles. The number of rotatable bonds is 0. The Kier molecular flexibility index (Phi) is 3.00. The Hall–Kier alpha value is -2.43. The van der Waals surface area contributed by atoms with Gasteiger partial charge in [0.25, 0.3) is 5.56 Å². The molecule has 0 aliphatic heterocycles. The molecule has 5 heteroatoms. The maximum Gasteiger partial charge on any atom is 0.257 e. The third kappa shape index (κ3) is 2.08. The van der Waals surface area contributed by atoms with Gasteiger partial charge in [-0.15, -0.1) is 0 Å². The summed E-state index contributed by atoms with van der Waals surface area (Å²) < 4.78 is 2.80. The average Bonchev–Trinajstić information content (AvgIpc) is 2.38. The highest BCUT2D eigenvalue weighted by molar-refractivity contribution is 5.81. The molecule has 0 aromatic carbocycles. The molecule has 0 spiro atoms. The molecule has 0 fully saturated rings. The highest BCUT2D eigenvalue weighted by atomic mass is 16.1. The summed E-state index contributed by atoms with van der Waals surface area (Å²) in [7, 11) is 1.65. The second-order valence-electron chi connectivity index (χ2n) is 3.38. The lowest BCUT2D eigenvalue weighted by Crippen LogP contribution is -2.36. The van der Waals surface area contributed by atoms with Gasteiger partial charge in [0.2, 0.25) is 5.96 Å². The van der Waals surface area contributed by atoms with Crippen molar-refractivity contribution in [2.75, 3.05) is 7.05 Å². The number of aromatic nitrogens is 2. The Morgan fingerprint density at radius 2 is 1.76 bits per heavy atom. The molecular formula is C12H12N4O. The van der Waals surface area contributed by atoms with Gasteiger partial charge < -0.3 is 0 Å². The molecule has 0 aliphatic rings. The lowest BCUT2D eigenvalue weighted by molar-refractivity contribution is 0.887. The Morgan fingerprint density at radius 3 is 2.41 bits per heavy atom. The molecule has 2 rings (SSSR count). The first-order valence-corrected chi connectivity index (χ1v) is 5.11. The van der Waals surface area contributed by atoms with E-state index in [-0.39, 0.29) is 11.5 Å². The van der Waals surface area contributed by atoms with Crippen LogP contribution in [0.1, 0.15) is 0 Å². The molecular weight excluding hydrogens is 216 g/mol. The number of pyridine rings is 2. The second kappa shape index (κ2) is 4.61. The van der Waals surface area contributed by atoms with Crippen LogP contribution >= 0.6 is 0 Å². The minimum absolute atomic E-state index is 0.0526. The van der Waals surface area contributed by atoms with E-state index >= 15 is 0 Å². The summed E-state index contributed by atoms with van der Waals surface area (Å²) in [6, 6.07) is 10.2. The first-order valence-electron chi connectivity index (χ1n) is 5.11. The van der Waals surface area contributed by atoms with E-state index in [2.05, 4.69) is 4.99 Å². The van der Waals surface area contributed by atoms with E-state index in [4.69, 9.17) is 5.41 Å².